The van der Waals surface area contributed by atoms with Crippen LogP contribution in [0.2, 0.25) is 0 Å². The van der Waals surface area contributed by atoms with Gasteiger partial charge in [-0.05, 0) is 29.9 Å². The van der Waals surface area contributed by atoms with Crippen molar-refractivity contribution in [3.8, 4) is 0 Å². The molecule has 1 aliphatic rings. The number of carboxylic acid groups (broad SMARTS) is 1. The Morgan fingerprint density at radius 1 is 1.28 bits per heavy atom. The van der Waals surface area contributed by atoms with Gasteiger partial charge in [0, 0.05) is 5.41 Å². The molecule has 1 fully saturated rings. The summed E-state index contributed by atoms with van der Waals surface area (Å²) >= 11 is 0. The molecule has 98 valence electrons. The fourth-order valence-corrected chi connectivity index (χ4v) is 3.18. The van der Waals surface area contributed by atoms with Gasteiger partial charge in [0.15, 0.2) is 0 Å². The van der Waals surface area contributed by atoms with Gasteiger partial charge < -0.3 is 5.11 Å². The molecular formula is C16H22O2. The average Bonchev–Trinajstić information content (AvgIpc) is 2.80. The standard InChI is InChI=1S/C16H22O2/c1-16(2,11-15(17)18)14-10-6-5-9-13(14)12-7-3-4-8-12/h5-6,9-10,12H,3-4,7-8,11H2,1-2H3,(H,17,18). The second-order valence-electron chi connectivity index (χ2n) is 6.02. The van der Waals surface area contributed by atoms with Crippen LogP contribution < -0.4 is 0 Å². The number of carbonyl (C=O) groups is 1. The van der Waals surface area contributed by atoms with Crippen LogP contribution in [-0.4, -0.2) is 11.1 Å². The van der Waals surface area contributed by atoms with Crippen molar-refractivity contribution in [2.75, 3.05) is 0 Å². The zero-order valence-corrected chi connectivity index (χ0v) is 11.3. The molecule has 0 amide bonds. The maximum absolute atomic E-state index is 11.0. The molecule has 2 heteroatoms. The van der Waals surface area contributed by atoms with E-state index in [0.717, 1.165) is 0 Å². The zero-order valence-electron chi connectivity index (χ0n) is 11.3. The van der Waals surface area contributed by atoms with E-state index in [1.165, 1.54) is 36.8 Å². The van der Waals surface area contributed by atoms with Crippen LogP contribution in [0.3, 0.4) is 0 Å². The molecule has 1 aliphatic carbocycles. The van der Waals surface area contributed by atoms with Crippen LogP contribution in [0.4, 0.5) is 0 Å². The molecule has 1 N–H and O–H groups in total. The third kappa shape index (κ3) is 2.74. The highest BCUT2D eigenvalue weighted by molar-refractivity contribution is 5.69. The van der Waals surface area contributed by atoms with Crippen molar-refractivity contribution in [3.63, 3.8) is 0 Å². The largest absolute Gasteiger partial charge is 0.481 e. The summed E-state index contributed by atoms with van der Waals surface area (Å²) in [5, 5.41) is 9.07. The molecule has 0 saturated heterocycles. The highest BCUT2D eigenvalue weighted by atomic mass is 16.4. The second kappa shape index (κ2) is 5.13. The minimum Gasteiger partial charge on any atom is -0.481 e. The van der Waals surface area contributed by atoms with Crippen molar-refractivity contribution in [3.05, 3.63) is 35.4 Å². The Bertz CT molecular complexity index is 428. The van der Waals surface area contributed by atoms with E-state index in [9.17, 15) is 4.79 Å². The van der Waals surface area contributed by atoms with Crippen LogP contribution >= 0.6 is 0 Å². The summed E-state index contributed by atoms with van der Waals surface area (Å²) < 4.78 is 0. The van der Waals surface area contributed by atoms with Gasteiger partial charge in [0.1, 0.15) is 0 Å². The number of aliphatic carboxylic acids is 1. The monoisotopic (exact) mass is 246 g/mol. The van der Waals surface area contributed by atoms with Crippen molar-refractivity contribution in [1.82, 2.24) is 0 Å². The molecule has 0 aliphatic heterocycles. The van der Waals surface area contributed by atoms with Gasteiger partial charge in [0.2, 0.25) is 0 Å². The van der Waals surface area contributed by atoms with Crippen LogP contribution in [0.1, 0.15) is 63.0 Å². The van der Waals surface area contributed by atoms with E-state index < -0.39 is 5.97 Å². The molecule has 0 bridgehead atoms. The van der Waals surface area contributed by atoms with Crippen LogP contribution in [0.15, 0.2) is 24.3 Å². The van der Waals surface area contributed by atoms with Gasteiger partial charge in [-0.3, -0.25) is 4.79 Å². The van der Waals surface area contributed by atoms with Gasteiger partial charge in [-0.2, -0.15) is 0 Å². The van der Waals surface area contributed by atoms with Gasteiger partial charge in [-0.1, -0.05) is 51.0 Å². The molecule has 1 saturated carbocycles. The van der Waals surface area contributed by atoms with E-state index >= 15 is 0 Å². The number of hydrogen-bond acceptors (Lipinski definition) is 1. The van der Waals surface area contributed by atoms with Gasteiger partial charge in [0.05, 0.1) is 6.42 Å². The third-order valence-corrected chi connectivity index (χ3v) is 4.08. The molecule has 0 radical (unpaired) electrons. The third-order valence-electron chi connectivity index (χ3n) is 4.08. The normalized spacial score (nSPS) is 17.0. The lowest BCUT2D eigenvalue weighted by Gasteiger charge is -2.28. The maximum Gasteiger partial charge on any atom is 0.304 e. The van der Waals surface area contributed by atoms with Crippen LogP contribution in [-0.2, 0) is 10.2 Å². The first-order valence-corrected chi connectivity index (χ1v) is 6.82. The van der Waals surface area contributed by atoms with Crippen molar-refractivity contribution in [1.29, 1.82) is 0 Å². The topological polar surface area (TPSA) is 37.3 Å². The molecule has 0 heterocycles. The summed E-state index contributed by atoms with van der Waals surface area (Å²) in [5.41, 5.74) is 2.31. The van der Waals surface area contributed by atoms with Crippen LogP contribution in [0.25, 0.3) is 0 Å². The highest BCUT2D eigenvalue weighted by Crippen LogP contribution is 2.40. The first-order valence-electron chi connectivity index (χ1n) is 6.82. The number of carboxylic acids is 1. The Morgan fingerprint density at radius 3 is 2.50 bits per heavy atom. The fourth-order valence-electron chi connectivity index (χ4n) is 3.18. The summed E-state index contributed by atoms with van der Waals surface area (Å²) in [4.78, 5) is 11.0. The van der Waals surface area contributed by atoms with E-state index in [1.807, 2.05) is 19.9 Å². The van der Waals surface area contributed by atoms with Crippen molar-refractivity contribution in [2.24, 2.45) is 0 Å². The quantitative estimate of drug-likeness (QED) is 0.868. The lowest BCUT2D eigenvalue weighted by Crippen LogP contribution is -2.23. The molecule has 0 aromatic heterocycles. The van der Waals surface area contributed by atoms with E-state index in [4.69, 9.17) is 5.11 Å². The van der Waals surface area contributed by atoms with Gasteiger partial charge in [-0.15, -0.1) is 0 Å². The second-order valence-corrected chi connectivity index (χ2v) is 6.02. The van der Waals surface area contributed by atoms with Gasteiger partial charge in [0.25, 0.3) is 0 Å². The number of rotatable bonds is 4. The number of benzene rings is 1. The van der Waals surface area contributed by atoms with Crippen LogP contribution in [0, 0.1) is 0 Å². The molecule has 2 rings (SSSR count). The molecule has 2 nitrogen and oxygen atoms in total. The van der Waals surface area contributed by atoms with Crippen molar-refractivity contribution >= 4 is 5.97 Å². The minimum absolute atomic E-state index is 0.191. The maximum atomic E-state index is 11.0. The van der Waals surface area contributed by atoms with Crippen LogP contribution in [0.5, 0.6) is 0 Å². The first kappa shape index (κ1) is 13.1. The molecule has 1 aromatic rings. The summed E-state index contributed by atoms with van der Waals surface area (Å²) in [6.07, 6.45) is 5.30. The molecule has 0 atom stereocenters. The van der Waals surface area contributed by atoms with Crippen molar-refractivity contribution in [2.45, 2.75) is 57.3 Å². The molecule has 1 aromatic carbocycles. The summed E-state index contributed by atoms with van der Waals surface area (Å²) in [6, 6.07) is 8.40. The Kier molecular flexibility index (Phi) is 3.74. The smallest absolute Gasteiger partial charge is 0.304 e. The first-order chi connectivity index (χ1) is 8.50. The Labute approximate surface area is 109 Å². The van der Waals surface area contributed by atoms with E-state index in [0.29, 0.717) is 5.92 Å². The van der Waals surface area contributed by atoms with E-state index in [1.54, 1.807) is 0 Å². The molecular weight excluding hydrogens is 224 g/mol. The molecule has 0 unspecified atom stereocenters. The summed E-state index contributed by atoms with van der Waals surface area (Å²) in [7, 11) is 0. The Morgan fingerprint density at radius 2 is 1.89 bits per heavy atom. The lowest BCUT2D eigenvalue weighted by atomic mass is 9.76. The predicted molar refractivity (Wildman–Crippen MR) is 72.9 cm³/mol. The van der Waals surface area contributed by atoms with Crippen molar-refractivity contribution < 1.29 is 9.90 Å². The SMILES string of the molecule is CC(C)(CC(=O)O)c1ccccc1C1CCCC1. The van der Waals surface area contributed by atoms with Gasteiger partial charge >= 0.3 is 5.97 Å². The Hall–Kier alpha value is -1.31. The number of hydrogen-bond donors (Lipinski definition) is 1. The zero-order chi connectivity index (χ0) is 13.2. The minimum atomic E-state index is -0.721. The molecule has 18 heavy (non-hydrogen) atoms. The summed E-state index contributed by atoms with van der Waals surface area (Å²) in [5.74, 6) is -0.0875. The fraction of sp³-hybridized carbons (Fsp3) is 0.562. The average molecular weight is 246 g/mol. The predicted octanol–water partition coefficient (Wildman–Crippen LogP) is 4.10. The lowest BCUT2D eigenvalue weighted by molar-refractivity contribution is -0.138. The van der Waals surface area contributed by atoms with E-state index in [2.05, 4.69) is 18.2 Å². The van der Waals surface area contributed by atoms with E-state index in [-0.39, 0.29) is 11.8 Å². The Balaban J connectivity index is 2.34. The molecule has 0 spiro atoms. The van der Waals surface area contributed by atoms with Gasteiger partial charge in [-0.25, -0.2) is 0 Å². The summed E-state index contributed by atoms with van der Waals surface area (Å²) in [6.45, 7) is 4.07. The highest BCUT2D eigenvalue weighted by Gasteiger charge is 2.29.